The first-order chi connectivity index (χ1) is 14.3. The highest BCUT2D eigenvalue weighted by Crippen LogP contribution is 2.03. The molecule has 0 aromatic carbocycles. The molecule has 1 aromatic heterocycles. The molecule has 0 aliphatic heterocycles. The molecule has 0 spiro atoms. The molecule has 6 nitrogen and oxygen atoms in total. The second-order valence-corrected chi connectivity index (χ2v) is 7.35. The minimum Gasteiger partial charge on any atom is -0.355 e. The van der Waals surface area contributed by atoms with Crippen LogP contribution < -0.4 is 9.88 Å². The number of nitrogens with zero attached hydrogens (tertiary/aromatic N) is 1. The van der Waals surface area contributed by atoms with E-state index in [9.17, 15) is 4.79 Å². The van der Waals surface area contributed by atoms with Crippen LogP contribution in [-0.2, 0) is 20.9 Å². The van der Waals surface area contributed by atoms with Gasteiger partial charge in [-0.05, 0) is 18.9 Å². The summed E-state index contributed by atoms with van der Waals surface area (Å²) in [5, 5.41) is 2.75. The first kappa shape index (κ1) is 25.5. The first-order valence-electron chi connectivity index (χ1n) is 11.3. The van der Waals surface area contributed by atoms with Crippen molar-refractivity contribution >= 4 is 5.91 Å². The molecule has 29 heavy (non-hydrogen) atoms. The third kappa shape index (κ3) is 14.2. The number of rotatable bonds is 19. The summed E-state index contributed by atoms with van der Waals surface area (Å²) in [5.41, 5.74) is 0.583. The fourth-order valence-electron chi connectivity index (χ4n) is 2.90. The van der Waals surface area contributed by atoms with Gasteiger partial charge >= 0.3 is 0 Å². The summed E-state index contributed by atoms with van der Waals surface area (Å²) in [5.74, 6) is -0.168. The van der Waals surface area contributed by atoms with Crippen LogP contribution in [0.25, 0.3) is 0 Å². The Kier molecular flexibility index (Phi) is 16.3. The standard InChI is InChI=1S/C23H40N2O4/c1-3-5-7-9-11-16-27-20-25-15-13-14-22(18-25)23(26)24-19-29-21-28-17-12-10-8-6-4-2/h13-15,18H,3-12,16-17,19-21H2,1-2H3/p+1. The van der Waals surface area contributed by atoms with Crippen LogP contribution in [0.2, 0.25) is 0 Å². The topological polar surface area (TPSA) is 60.7 Å². The first-order valence-corrected chi connectivity index (χ1v) is 11.3. The maximum Gasteiger partial charge on any atom is 0.259 e. The minimum atomic E-state index is -0.168. The Labute approximate surface area is 176 Å². The zero-order valence-electron chi connectivity index (χ0n) is 18.5. The van der Waals surface area contributed by atoms with Gasteiger partial charge in [-0.25, -0.2) is 0 Å². The zero-order chi connectivity index (χ0) is 21.0. The number of unbranched alkanes of at least 4 members (excludes halogenated alkanes) is 8. The summed E-state index contributed by atoms with van der Waals surface area (Å²) < 4.78 is 18.3. The highest BCUT2D eigenvalue weighted by Gasteiger charge is 2.10. The van der Waals surface area contributed by atoms with Crippen molar-refractivity contribution < 1.29 is 23.6 Å². The smallest absolute Gasteiger partial charge is 0.259 e. The van der Waals surface area contributed by atoms with Crippen molar-refractivity contribution in [2.24, 2.45) is 0 Å². The van der Waals surface area contributed by atoms with Crippen LogP contribution in [0.1, 0.15) is 88.4 Å². The lowest BCUT2D eigenvalue weighted by Crippen LogP contribution is -2.37. The average molecular weight is 410 g/mol. The van der Waals surface area contributed by atoms with E-state index < -0.39 is 0 Å². The van der Waals surface area contributed by atoms with Gasteiger partial charge in [-0.3, -0.25) is 4.79 Å². The summed E-state index contributed by atoms with van der Waals surface area (Å²) in [6.07, 6.45) is 15.8. The summed E-state index contributed by atoms with van der Waals surface area (Å²) in [7, 11) is 0. The average Bonchev–Trinajstić information content (AvgIpc) is 2.74. The molecule has 0 atom stereocenters. The molecular formula is C23H41N2O4+. The second kappa shape index (κ2) is 18.5. The predicted octanol–water partition coefficient (Wildman–Crippen LogP) is 4.57. The molecule has 0 saturated carbocycles. The number of nitrogens with one attached hydrogen (secondary N) is 1. The van der Waals surface area contributed by atoms with Crippen LogP contribution in [-0.4, -0.2) is 32.6 Å². The van der Waals surface area contributed by atoms with Crippen LogP contribution >= 0.6 is 0 Å². The van der Waals surface area contributed by atoms with E-state index in [0.29, 0.717) is 18.9 Å². The second-order valence-electron chi connectivity index (χ2n) is 7.35. The number of carbonyl (C=O) groups is 1. The molecule has 0 aliphatic carbocycles. The number of amides is 1. The van der Waals surface area contributed by atoms with Gasteiger partial charge in [0.1, 0.15) is 19.1 Å². The van der Waals surface area contributed by atoms with Crippen molar-refractivity contribution in [1.82, 2.24) is 5.32 Å². The monoisotopic (exact) mass is 409 g/mol. The van der Waals surface area contributed by atoms with Gasteiger partial charge in [0.25, 0.3) is 12.6 Å². The molecule has 1 aromatic rings. The number of carbonyl (C=O) groups excluding carboxylic acids is 1. The van der Waals surface area contributed by atoms with Crippen molar-refractivity contribution in [2.75, 3.05) is 26.7 Å². The molecule has 166 valence electrons. The lowest BCUT2D eigenvalue weighted by Gasteiger charge is -2.07. The molecule has 0 radical (unpaired) electrons. The molecule has 0 bridgehead atoms. The maximum absolute atomic E-state index is 12.2. The molecule has 1 heterocycles. The quantitative estimate of drug-likeness (QED) is 0.207. The predicted molar refractivity (Wildman–Crippen MR) is 114 cm³/mol. The SMILES string of the molecule is CCCCCCCOCOCNC(=O)c1ccc[n+](COCCCCCCC)c1. The number of hydrogen-bond donors (Lipinski definition) is 1. The number of pyridine rings is 1. The highest BCUT2D eigenvalue weighted by molar-refractivity contribution is 5.93. The van der Waals surface area contributed by atoms with Crippen molar-refractivity contribution in [2.45, 2.75) is 84.8 Å². The summed E-state index contributed by atoms with van der Waals surface area (Å²) in [4.78, 5) is 12.2. The van der Waals surface area contributed by atoms with Gasteiger partial charge < -0.3 is 19.5 Å². The van der Waals surface area contributed by atoms with Crippen LogP contribution in [0.15, 0.2) is 24.5 Å². The Balaban J connectivity index is 2.09. The molecule has 1 N–H and O–H groups in total. The van der Waals surface area contributed by atoms with Gasteiger partial charge in [0.15, 0.2) is 12.4 Å². The van der Waals surface area contributed by atoms with Gasteiger partial charge in [0.05, 0.1) is 6.61 Å². The largest absolute Gasteiger partial charge is 0.355 e. The van der Waals surface area contributed by atoms with E-state index in [-0.39, 0.29) is 19.4 Å². The van der Waals surface area contributed by atoms with Crippen molar-refractivity contribution in [3.8, 4) is 0 Å². The third-order valence-corrected chi connectivity index (χ3v) is 4.65. The third-order valence-electron chi connectivity index (χ3n) is 4.65. The van der Waals surface area contributed by atoms with E-state index in [1.807, 2.05) is 16.8 Å². The molecule has 0 unspecified atom stereocenters. The highest BCUT2D eigenvalue weighted by atomic mass is 16.7. The van der Waals surface area contributed by atoms with Crippen molar-refractivity contribution in [3.63, 3.8) is 0 Å². The normalized spacial score (nSPS) is 11.0. The van der Waals surface area contributed by atoms with E-state index in [0.717, 1.165) is 19.4 Å². The summed E-state index contributed by atoms with van der Waals surface area (Å²) >= 11 is 0. The van der Waals surface area contributed by atoms with E-state index in [1.54, 1.807) is 12.3 Å². The molecule has 1 amide bonds. The Morgan fingerprint density at radius 3 is 2.24 bits per heavy atom. The number of hydrogen-bond acceptors (Lipinski definition) is 4. The molecule has 0 fully saturated rings. The lowest BCUT2D eigenvalue weighted by molar-refractivity contribution is -0.732. The van der Waals surface area contributed by atoms with E-state index in [1.165, 1.54) is 51.4 Å². The van der Waals surface area contributed by atoms with Gasteiger partial charge in [0.2, 0.25) is 0 Å². The van der Waals surface area contributed by atoms with Crippen LogP contribution in [0.4, 0.5) is 0 Å². The molecule has 6 heteroatoms. The van der Waals surface area contributed by atoms with Gasteiger partial charge in [-0.2, -0.15) is 4.57 Å². The molecule has 0 saturated heterocycles. The minimum absolute atomic E-state index is 0.137. The fourth-order valence-corrected chi connectivity index (χ4v) is 2.90. The van der Waals surface area contributed by atoms with E-state index in [2.05, 4.69) is 19.2 Å². The Morgan fingerprint density at radius 1 is 0.897 bits per heavy atom. The maximum atomic E-state index is 12.2. The Hall–Kier alpha value is -1.50. The lowest BCUT2D eigenvalue weighted by atomic mass is 10.2. The zero-order valence-corrected chi connectivity index (χ0v) is 18.5. The number of aromatic nitrogens is 1. The number of ether oxygens (including phenoxy) is 3. The molecule has 1 rings (SSSR count). The Bertz CT molecular complexity index is 525. The van der Waals surface area contributed by atoms with E-state index in [4.69, 9.17) is 14.2 Å². The van der Waals surface area contributed by atoms with Gasteiger partial charge in [-0.15, -0.1) is 0 Å². The van der Waals surface area contributed by atoms with Crippen LogP contribution in [0.5, 0.6) is 0 Å². The summed E-state index contributed by atoms with van der Waals surface area (Å²) in [6, 6.07) is 3.63. The van der Waals surface area contributed by atoms with Crippen LogP contribution in [0, 0.1) is 0 Å². The van der Waals surface area contributed by atoms with E-state index >= 15 is 0 Å². The van der Waals surface area contributed by atoms with Crippen molar-refractivity contribution in [1.29, 1.82) is 0 Å². The van der Waals surface area contributed by atoms with Crippen molar-refractivity contribution in [3.05, 3.63) is 30.1 Å². The van der Waals surface area contributed by atoms with Gasteiger partial charge in [0, 0.05) is 12.7 Å². The summed E-state index contributed by atoms with van der Waals surface area (Å²) in [6.45, 7) is 6.67. The van der Waals surface area contributed by atoms with Gasteiger partial charge in [-0.1, -0.05) is 65.2 Å². The Morgan fingerprint density at radius 2 is 1.55 bits per heavy atom. The molecular weight excluding hydrogens is 368 g/mol. The molecule has 0 aliphatic rings. The fraction of sp³-hybridized carbons (Fsp3) is 0.739. The van der Waals surface area contributed by atoms with Crippen LogP contribution in [0.3, 0.4) is 0 Å².